The number of carbonyl (C=O) groups is 1. The van der Waals surface area contributed by atoms with Crippen LogP contribution in [0.25, 0.3) is 0 Å². The first kappa shape index (κ1) is 30.4. The third-order valence-electron chi connectivity index (χ3n) is 3.53. The van der Waals surface area contributed by atoms with E-state index in [-0.39, 0.29) is 0 Å². The van der Waals surface area contributed by atoms with Crippen LogP contribution in [-0.2, 0) is 4.79 Å². The van der Waals surface area contributed by atoms with Crippen molar-refractivity contribution in [3.63, 3.8) is 0 Å². The van der Waals surface area contributed by atoms with Crippen molar-refractivity contribution in [3.8, 4) is 11.5 Å². The Bertz CT molecular complexity index is 630. The molecule has 0 spiro atoms. The summed E-state index contributed by atoms with van der Waals surface area (Å²) in [4.78, 5) is 9.44. The number of hydrogen-bond acceptors (Lipinski definition) is 3. The molecule has 3 nitrogen and oxygen atoms in total. The monoisotopic (exact) mass is 552 g/mol. The highest BCUT2D eigenvalue weighted by Crippen LogP contribution is 2.39. The maximum atomic E-state index is 10.8. The van der Waals surface area contributed by atoms with Gasteiger partial charge in [0.2, 0.25) is 0 Å². The maximum Gasteiger partial charge on any atom is 0.160 e. The van der Waals surface area contributed by atoms with Crippen LogP contribution in [0.5, 0.6) is 11.5 Å². The fourth-order valence-electron chi connectivity index (χ4n) is 1.91. The number of phenolic OH excluding ortho intramolecular Hbond substituents is 2. The average molecular weight is 555 g/mol. The van der Waals surface area contributed by atoms with E-state index in [4.69, 9.17) is 79.8 Å². The number of para-hydroxylation sites is 2. The van der Waals surface area contributed by atoms with Gasteiger partial charge in [-0.15, -0.1) is 69.6 Å². The molecule has 2 aromatic carbocycles. The van der Waals surface area contributed by atoms with Gasteiger partial charge in [0.15, 0.2) is 5.78 Å². The summed E-state index contributed by atoms with van der Waals surface area (Å²) in [6.07, 6.45) is 0. The van der Waals surface area contributed by atoms with Gasteiger partial charge in [-0.3, -0.25) is 4.79 Å². The first-order chi connectivity index (χ1) is 14.5. The van der Waals surface area contributed by atoms with Gasteiger partial charge in [-0.2, -0.15) is 0 Å². The molecule has 0 unspecified atom stereocenters. The van der Waals surface area contributed by atoms with E-state index >= 15 is 0 Å². The number of Topliss-reactive ketones (excluding diaryl/α,β-unsaturated/α-hetero) is 1. The molecule has 174 valence electrons. The summed E-state index contributed by atoms with van der Waals surface area (Å²) in [5, 5.41) is 14.6. The summed E-state index contributed by atoms with van der Waals surface area (Å²) in [6, 6.07) is 17.4. The third-order valence-corrected chi connectivity index (χ3v) is 7.56. The number of carbonyl (C=O) groups excluding carboxylic acids is 1. The molecule has 3 rings (SSSR count). The lowest BCUT2D eigenvalue weighted by atomic mass is 9.97. The summed E-state index contributed by atoms with van der Waals surface area (Å²) in [6.45, 7) is 0.375. The summed E-state index contributed by atoms with van der Waals surface area (Å²) in [5.41, 5.74) is 0. The number of rotatable bonds is 1. The molecule has 1 aliphatic carbocycles. The van der Waals surface area contributed by atoms with E-state index in [9.17, 15) is 9.18 Å². The lowest BCUT2D eigenvalue weighted by molar-refractivity contribution is -0.117. The Labute approximate surface area is 212 Å². The molecule has 0 bridgehead atoms. The van der Waals surface area contributed by atoms with Gasteiger partial charge in [-0.25, -0.2) is 4.39 Å². The molecule has 0 atom stereocenters. The van der Waals surface area contributed by atoms with Gasteiger partial charge in [0, 0.05) is 0 Å². The van der Waals surface area contributed by atoms with Crippen molar-refractivity contribution in [3.05, 3.63) is 60.7 Å². The molecule has 31 heavy (non-hydrogen) atoms. The quantitative estimate of drug-likeness (QED) is 0.374. The van der Waals surface area contributed by atoms with Gasteiger partial charge < -0.3 is 10.2 Å². The number of phenols is 2. The summed E-state index contributed by atoms with van der Waals surface area (Å²) < 4.78 is 10.8. The molecule has 2 aromatic rings. The van der Waals surface area contributed by atoms with E-state index < -0.39 is 44.7 Å². The van der Waals surface area contributed by atoms with Crippen molar-refractivity contribution in [2.75, 3.05) is 6.67 Å². The molecule has 0 aromatic heterocycles. The minimum Gasteiger partial charge on any atom is -0.508 e. The van der Waals surface area contributed by atoms with Crippen LogP contribution in [-0.4, -0.2) is 54.9 Å². The molecule has 0 heterocycles. The predicted molar refractivity (Wildman–Crippen MR) is 131 cm³/mol. The van der Waals surface area contributed by atoms with Crippen LogP contribution in [0.1, 0.15) is 6.92 Å². The van der Waals surface area contributed by atoms with Crippen LogP contribution >= 0.6 is 69.6 Å². The van der Waals surface area contributed by atoms with Crippen molar-refractivity contribution in [2.24, 2.45) is 0 Å². The second-order valence-corrected chi connectivity index (χ2v) is 9.20. The Hall–Kier alpha value is -0.620. The molecule has 0 amide bonds. The highest BCUT2D eigenvalue weighted by atomic mass is 35.5. The van der Waals surface area contributed by atoms with E-state index in [1.807, 2.05) is 12.1 Å². The first-order valence-electron chi connectivity index (χ1n) is 8.90. The molecule has 10 heteroatoms. The van der Waals surface area contributed by atoms with Crippen molar-refractivity contribution in [1.29, 1.82) is 0 Å². The van der Waals surface area contributed by atoms with Gasteiger partial charge in [0.25, 0.3) is 0 Å². The number of benzene rings is 2. The third kappa shape index (κ3) is 12.9. The van der Waals surface area contributed by atoms with Gasteiger partial charge in [0.05, 0.1) is 32.3 Å². The number of halogens is 7. The fourth-order valence-corrected chi connectivity index (χ4v) is 4.24. The van der Waals surface area contributed by atoms with Gasteiger partial charge in [-0.1, -0.05) is 36.4 Å². The van der Waals surface area contributed by atoms with E-state index in [0.29, 0.717) is 11.5 Å². The van der Waals surface area contributed by atoms with Crippen molar-refractivity contribution < 1.29 is 19.4 Å². The molecule has 0 saturated heterocycles. The Balaban J connectivity index is 0.000000411. The van der Waals surface area contributed by atoms with Gasteiger partial charge >= 0.3 is 0 Å². The summed E-state index contributed by atoms with van der Waals surface area (Å²) in [5.74, 6) is 0.231. The standard InChI is InChI=1S/C6H6Cl6.2C6H6O.C3H5FO/c7-1-2(8)4(10)6(12)5(11)3(1)9;2*7-6-4-2-1-3-5-6;1-3(5)2-4/h1-6H;2*1-5,7H;2H2,1H3. The molecule has 0 radical (unpaired) electrons. The number of hydrogen-bond donors (Lipinski definition) is 2. The van der Waals surface area contributed by atoms with Crippen LogP contribution in [0.4, 0.5) is 4.39 Å². The highest BCUT2D eigenvalue weighted by Gasteiger charge is 2.46. The Kier molecular flexibility index (Phi) is 16.6. The number of alkyl halides is 7. The van der Waals surface area contributed by atoms with E-state index in [1.54, 1.807) is 48.5 Å². The summed E-state index contributed by atoms with van der Waals surface area (Å²) >= 11 is 35.3. The van der Waals surface area contributed by atoms with Crippen molar-refractivity contribution in [1.82, 2.24) is 0 Å². The number of ketones is 1. The maximum absolute atomic E-state index is 10.8. The van der Waals surface area contributed by atoms with E-state index in [1.165, 1.54) is 6.92 Å². The van der Waals surface area contributed by atoms with E-state index in [2.05, 4.69) is 0 Å². The zero-order valence-corrected chi connectivity index (χ0v) is 20.9. The highest BCUT2D eigenvalue weighted by molar-refractivity contribution is 6.45. The lowest BCUT2D eigenvalue weighted by Crippen LogP contribution is -2.52. The predicted octanol–water partition coefficient (Wildman–Crippen LogP) is 6.97. The van der Waals surface area contributed by atoms with E-state index in [0.717, 1.165) is 0 Å². The van der Waals surface area contributed by atoms with Crippen LogP contribution in [0.3, 0.4) is 0 Å². The lowest BCUT2D eigenvalue weighted by Gasteiger charge is -2.37. The molecule has 1 saturated carbocycles. The molecule has 1 aliphatic rings. The van der Waals surface area contributed by atoms with Crippen molar-refractivity contribution in [2.45, 2.75) is 39.2 Å². The summed E-state index contributed by atoms with van der Waals surface area (Å²) in [7, 11) is 0. The van der Waals surface area contributed by atoms with Crippen LogP contribution < -0.4 is 0 Å². The fraction of sp³-hybridized carbons (Fsp3) is 0.381. The van der Waals surface area contributed by atoms with Crippen LogP contribution in [0.15, 0.2) is 60.7 Å². The molecular formula is C21H23Cl6FO3. The zero-order valence-electron chi connectivity index (χ0n) is 16.4. The molecule has 1 fully saturated rings. The molecular weight excluding hydrogens is 532 g/mol. The minimum atomic E-state index is -0.833. The Morgan fingerprint density at radius 2 is 0.871 bits per heavy atom. The molecule has 0 aliphatic heterocycles. The topological polar surface area (TPSA) is 57.5 Å². The van der Waals surface area contributed by atoms with Gasteiger partial charge in [0.1, 0.15) is 18.2 Å². The SMILES string of the molecule is CC(=O)CF.ClC1C(Cl)C(Cl)C(Cl)C(Cl)C1Cl.Oc1ccccc1.Oc1ccccc1. The van der Waals surface area contributed by atoms with Crippen LogP contribution in [0, 0.1) is 0 Å². The normalized spacial score (nSPS) is 26.6. The average Bonchev–Trinajstić information content (AvgIpc) is 2.77. The van der Waals surface area contributed by atoms with Crippen molar-refractivity contribution >= 4 is 75.4 Å². The Morgan fingerprint density at radius 3 is 0.968 bits per heavy atom. The molecule has 2 N–H and O–H groups in total. The van der Waals surface area contributed by atoms with Crippen LogP contribution in [0.2, 0.25) is 0 Å². The zero-order chi connectivity index (χ0) is 24.0. The first-order valence-corrected chi connectivity index (χ1v) is 11.5. The smallest absolute Gasteiger partial charge is 0.160 e. The largest absolute Gasteiger partial charge is 0.508 e. The second-order valence-electron chi connectivity index (χ2n) is 6.17. The second kappa shape index (κ2) is 16.9. The van der Waals surface area contributed by atoms with Gasteiger partial charge in [-0.05, 0) is 31.2 Å². The number of aromatic hydroxyl groups is 2. The Morgan fingerprint density at radius 1 is 0.677 bits per heavy atom. The minimum absolute atomic E-state index is 0.322.